The number of thiazole rings is 1. The number of nitrogens with one attached hydrogen (secondary N) is 1. The molecule has 0 saturated carbocycles. The van der Waals surface area contributed by atoms with E-state index in [4.69, 9.17) is 4.98 Å². The van der Waals surface area contributed by atoms with Crippen LogP contribution >= 0.6 is 11.3 Å². The van der Waals surface area contributed by atoms with Gasteiger partial charge in [0.15, 0.2) is 0 Å². The van der Waals surface area contributed by atoms with Crippen molar-refractivity contribution in [3.05, 3.63) is 15.6 Å². The summed E-state index contributed by atoms with van der Waals surface area (Å²) >= 11 is 1.89. The predicted octanol–water partition coefficient (Wildman–Crippen LogP) is 3.09. The predicted molar refractivity (Wildman–Crippen MR) is 85.0 cm³/mol. The average molecular weight is 283 g/mol. The monoisotopic (exact) mass is 283 g/mol. The fraction of sp³-hybridized carbons (Fsp3) is 0.800. The summed E-state index contributed by atoms with van der Waals surface area (Å²) in [5.74, 6) is 0. The van der Waals surface area contributed by atoms with Crippen LogP contribution in [-0.2, 0) is 19.4 Å². The molecule has 110 valence electrons. The summed E-state index contributed by atoms with van der Waals surface area (Å²) < 4.78 is 0. The number of likely N-dealkylation sites (N-methyl/N-ethyl adjacent to an activating group) is 1. The highest BCUT2D eigenvalue weighted by Crippen LogP contribution is 2.20. The zero-order chi connectivity index (χ0) is 14.3. The van der Waals surface area contributed by atoms with Gasteiger partial charge in [-0.15, -0.1) is 11.3 Å². The molecule has 1 aromatic heterocycles. The Kier molecular flexibility index (Phi) is 7.57. The molecule has 0 aromatic carbocycles. The van der Waals surface area contributed by atoms with Crippen molar-refractivity contribution in [3.8, 4) is 0 Å². The Labute approximate surface area is 122 Å². The Morgan fingerprint density at radius 2 is 1.89 bits per heavy atom. The van der Waals surface area contributed by atoms with E-state index >= 15 is 0 Å². The molecule has 3 nitrogen and oxygen atoms in total. The van der Waals surface area contributed by atoms with Crippen LogP contribution < -0.4 is 5.32 Å². The number of hydrogen-bond acceptors (Lipinski definition) is 4. The molecule has 0 amide bonds. The lowest BCUT2D eigenvalue weighted by Gasteiger charge is -2.16. The van der Waals surface area contributed by atoms with E-state index in [1.807, 2.05) is 11.3 Å². The third kappa shape index (κ3) is 5.59. The lowest BCUT2D eigenvalue weighted by molar-refractivity contribution is 0.308. The summed E-state index contributed by atoms with van der Waals surface area (Å²) in [6.45, 7) is 15.4. The minimum atomic E-state index is 0.533. The van der Waals surface area contributed by atoms with Gasteiger partial charge in [-0.3, -0.25) is 0 Å². The standard InChI is InChI=1S/C15H29N3S/c1-6-13-14(11-16-12(4)5)19-15(17-13)9-10-18(7-2)8-3/h12,16H,6-11H2,1-5H3. The zero-order valence-corrected chi connectivity index (χ0v) is 13.9. The third-order valence-electron chi connectivity index (χ3n) is 3.36. The lowest BCUT2D eigenvalue weighted by atomic mass is 10.3. The first-order valence-corrected chi connectivity index (χ1v) is 8.35. The molecule has 1 N–H and O–H groups in total. The highest BCUT2D eigenvalue weighted by molar-refractivity contribution is 7.11. The van der Waals surface area contributed by atoms with E-state index < -0.39 is 0 Å². The molecule has 4 heteroatoms. The molecule has 0 atom stereocenters. The summed E-state index contributed by atoms with van der Waals surface area (Å²) in [7, 11) is 0. The van der Waals surface area contributed by atoms with E-state index in [0.717, 1.165) is 39.0 Å². The normalized spacial score (nSPS) is 11.7. The van der Waals surface area contributed by atoms with E-state index in [-0.39, 0.29) is 0 Å². The molecule has 1 aromatic rings. The van der Waals surface area contributed by atoms with Crippen LogP contribution in [0.3, 0.4) is 0 Å². The Morgan fingerprint density at radius 1 is 1.21 bits per heavy atom. The van der Waals surface area contributed by atoms with E-state index in [1.54, 1.807) is 0 Å². The lowest BCUT2D eigenvalue weighted by Crippen LogP contribution is -2.25. The summed E-state index contributed by atoms with van der Waals surface area (Å²) in [6, 6.07) is 0.533. The van der Waals surface area contributed by atoms with E-state index in [9.17, 15) is 0 Å². The van der Waals surface area contributed by atoms with Crippen molar-refractivity contribution in [2.24, 2.45) is 0 Å². The molecule has 0 aliphatic carbocycles. The van der Waals surface area contributed by atoms with Crippen LogP contribution in [0.1, 0.15) is 50.2 Å². The highest BCUT2D eigenvalue weighted by atomic mass is 32.1. The fourth-order valence-electron chi connectivity index (χ4n) is 2.05. The molecule has 0 spiro atoms. The Hall–Kier alpha value is -0.450. The molecule has 0 bridgehead atoms. The van der Waals surface area contributed by atoms with E-state index in [1.165, 1.54) is 15.6 Å². The van der Waals surface area contributed by atoms with Crippen LogP contribution in [0, 0.1) is 0 Å². The van der Waals surface area contributed by atoms with Gasteiger partial charge in [0, 0.05) is 30.4 Å². The maximum atomic E-state index is 4.80. The van der Waals surface area contributed by atoms with Gasteiger partial charge in [0.25, 0.3) is 0 Å². The number of hydrogen-bond donors (Lipinski definition) is 1. The van der Waals surface area contributed by atoms with Gasteiger partial charge in [0.1, 0.15) is 0 Å². The molecule has 1 rings (SSSR count). The minimum absolute atomic E-state index is 0.533. The van der Waals surface area contributed by atoms with Crippen LogP contribution in [0.2, 0.25) is 0 Å². The highest BCUT2D eigenvalue weighted by Gasteiger charge is 2.10. The van der Waals surface area contributed by atoms with Crippen LogP contribution in [0.25, 0.3) is 0 Å². The van der Waals surface area contributed by atoms with Gasteiger partial charge in [0.05, 0.1) is 10.7 Å². The van der Waals surface area contributed by atoms with Crippen molar-refractivity contribution < 1.29 is 0 Å². The second kappa shape index (κ2) is 8.67. The van der Waals surface area contributed by atoms with Gasteiger partial charge in [0.2, 0.25) is 0 Å². The number of nitrogens with zero attached hydrogens (tertiary/aromatic N) is 2. The van der Waals surface area contributed by atoms with Gasteiger partial charge in [-0.1, -0.05) is 34.6 Å². The number of rotatable bonds is 9. The van der Waals surface area contributed by atoms with Crippen LogP contribution in [0.5, 0.6) is 0 Å². The van der Waals surface area contributed by atoms with Crippen LogP contribution in [-0.4, -0.2) is 35.6 Å². The molecular weight excluding hydrogens is 254 g/mol. The first-order chi connectivity index (χ1) is 9.10. The van der Waals surface area contributed by atoms with Gasteiger partial charge in [-0.25, -0.2) is 4.98 Å². The van der Waals surface area contributed by atoms with Crippen LogP contribution in [0.15, 0.2) is 0 Å². The maximum Gasteiger partial charge on any atom is 0.0944 e. The zero-order valence-electron chi connectivity index (χ0n) is 13.1. The summed E-state index contributed by atoms with van der Waals surface area (Å²) in [5.41, 5.74) is 1.28. The van der Waals surface area contributed by atoms with Gasteiger partial charge in [-0.2, -0.15) is 0 Å². The first-order valence-electron chi connectivity index (χ1n) is 7.53. The summed E-state index contributed by atoms with van der Waals surface area (Å²) in [4.78, 5) is 8.68. The Morgan fingerprint density at radius 3 is 2.42 bits per heavy atom. The molecule has 0 aliphatic rings. The van der Waals surface area contributed by atoms with Crippen molar-refractivity contribution in [1.29, 1.82) is 0 Å². The summed E-state index contributed by atoms with van der Waals surface area (Å²) in [5, 5.41) is 4.79. The average Bonchev–Trinajstić information content (AvgIpc) is 2.80. The quantitative estimate of drug-likeness (QED) is 0.755. The Balaban J connectivity index is 2.59. The first kappa shape index (κ1) is 16.6. The fourth-order valence-corrected chi connectivity index (χ4v) is 3.15. The SMILES string of the molecule is CCc1nc(CCN(CC)CC)sc1CNC(C)C. The number of aryl methyl sites for hydroxylation is 1. The van der Waals surface area contributed by atoms with Crippen molar-refractivity contribution in [1.82, 2.24) is 15.2 Å². The van der Waals surface area contributed by atoms with Crippen molar-refractivity contribution in [2.45, 2.75) is 60.0 Å². The maximum absolute atomic E-state index is 4.80. The second-order valence-electron chi connectivity index (χ2n) is 5.14. The second-order valence-corrected chi connectivity index (χ2v) is 6.31. The van der Waals surface area contributed by atoms with Crippen molar-refractivity contribution in [2.75, 3.05) is 19.6 Å². The molecular formula is C15H29N3S. The molecule has 0 unspecified atom stereocenters. The third-order valence-corrected chi connectivity index (χ3v) is 4.52. The topological polar surface area (TPSA) is 28.2 Å². The minimum Gasteiger partial charge on any atom is -0.310 e. The molecule has 0 saturated heterocycles. The molecule has 19 heavy (non-hydrogen) atoms. The molecule has 1 heterocycles. The largest absolute Gasteiger partial charge is 0.310 e. The molecule has 0 radical (unpaired) electrons. The summed E-state index contributed by atoms with van der Waals surface area (Å²) in [6.07, 6.45) is 2.12. The van der Waals surface area contributed by atoms with E-state index in [0.29, 0.717) is 6.04 Å². The van der Waals surface area contributed by atoms with E-state index in [2.05, 4.69) is 44.8 Å². The smallest absolute Gasteiger partial charge is 0.0944 e. The van der Waals surface area contributed by atoms with Crippen LogP contribution in [0.4, 0.5) is 0 Å². The van der Waals surface area contributed by atoms with Gasteiger partial charge >= 0.3 is 0 Å². The van der Waals surface area contributed by atoms with Gasteiger partial charge in [-0.05, 0) is 19.5 Å². The Bertz CT molecular complexity index is 356. The van der Waals surface area contributed by atoms with Crippen molar-refractivity contribution >= 4 is 11.3 Å². The number of aromatic nitrogens is 1. The van der Waals surface area contributed by atoms with Crippen molar-refractivity contribution in [3.63, 3.8) is 0 Å². The van der Waals surface area contributed by atoms with Gasteiger partial charge < -0.3 is 10.2 Å². The molecule has 0 aliphatic heterocycles. The molecule has 0 fully saturated rings.